The third-order valence-corrected chi connectivity index (χ3v) is 3.15. The monoisotopic (exact) mass is 226 g/mol. The fourth-order valence-corrected chi connectivity index (χ4v) is 2.30. The van der Waals surface area contributed by atoms with E-state index in [1.54, 1.807) is 11.3 Å². The van der Waals surface area contributed by atoms with Crippen molar-refractivity contribution in [3.63, 3.8) is 0 Å². The maximum Gasteiger partial charge on any atom is 0.0931 e. The van der Waals surface area contributed by atoms with Crippen LogP contribution in [0.3, 0.4) is 0 Å². The Morgan fingerprint density at radius 2 is 2.21 bits per heavy atom. The summed E-state index contributed by atoms with van der Waals surface area (Å²) in [5.74, 6) is 0. The largest absolute Gasteiger partial charge is 0.367 e. The molecule has 14 heavy (non-hydrogen) atoms. The van der Waals surface area contributed by atoms with E-state index in [4.69, 9.17) is 11.6 Å². The van der Waals surface area contributed by atoms with Crippen LogP contribution >= 0.6 is 22.9 Å². The molecule has 0 aliphatic carbocycles. The van der Waals surface area contributed by atoms with Gasteiger partial charge in [-0.05, 0) is 23.8 Å². The summed E-state index contributed by atoms with van der Waals surface area (Å²) in [7, 11) is 0. The molecule has 0 aliphatic heterocycles. The number of rotatable bonds is 4. The van der Waals surface area contributed by atoms with Gasteiger partial charge in [-0.15, -0.1) is 11.3 Å². The molecule has 74 valence electrons. The van der Waals surface area contributed by atoms with Crippen LogP contribution in [-0.2, 0) is 13.1 Å². The summed E-state index contributed by atoms with van der Waals surface area (Å²) in [5, 5.41) is 3.35. The molecular weight excluding hydrogens is 216 g/mol. The molecule has 0 unspecified atom stereocenters. The van der Waals surface area contributed by atoms with Crippen molar-refractivity contribution in [1.29, 1.82) is 0 Å². The van der Waals surface area contributed by atoms with Gasteiger partial charge in [0.2, 0.25) is 0 Å². The molecule has 4 heteroatoms. The SMILES string of the molecule is Clc1ccc(CNCc2cc[nH]c2)s1. The molecule has 0 saturated carbocycles. The fraction of sp³-hybridized carbons (Fsp3) is 0.200. The molecular formula is C10H11ClN2S. The van der Waals surface area contributed by atoms with E-state index >= 15 is 0 Å². The van der Waals surface area contributed by atoms with Crippen LogP contribution in [0.25, 0.3) is 0 Å². The van der Waals surface area contributed by atoms with Gasteiger partial charge in [-0.25, -0.2) is 0 Å². The van der Waals surface area contributed by atoms with E-state index in [0.29, 0.717) is 0 Å². The summed E-state index contributed by atoms with van der Waals surface area (Å²) in [6.45, 7) is 1.77. The van der Waals surface area contributed by atoms with Crippen molar-refractivity contribution in [3.8, 4) is 0 Å². The van der Waals surface area contributed by atoms with Crippen molar-refractivity contribution in [2.45, 2.75) is 13.1 Å². The van der Waals surface area contributed by atoms with Crippen LogP contribution in [0.4, 0.5) is 0 Å². The van der Waals surface area contributed by atoms with Gasteiger partial charge in [-0.2, -0.15) is 0 Å². The zero-order valence-corrected chi connectivity index (χ0v) is 9.16. The van der Waals surface area contributed by atoms with Crippen LogP contribution in [-0.4, -0.2) is 4.98 Å². The van der Waals surface area contributed by atoms with E-state index in [1.165, 1.54) is 10.4 Å². The lowest BCUT2D eigenvalue weighted by Crippen LogP contribution is -2.10. The Morgan fingerprint density at radius 3 is 2.86 bits per heavy atom. The summed E-state index contributed by atoms with van der Waals surface area (Å²) < 4.78 is 0.850. The van der Waals surface area contributed by atoms with Crippen LogP contribution in [0.5, 0.6) is 0 Å². The molecule has 0 spiro atoms. The molecule has 2 heterocycles. The van der Waals surface area contributed by atoms with Crippen molar-refractivity contribution < 1.29 is 0 Å². The van der Waals surface area contributed by atoms with E-state index in [-0.39, 0.29) is 0 Å². The Bertz CT molecular complexity index is 380. The minimum Gasteiger partial charge on any atom is -0.367 e. The summed E-state index contributed by atoms with van der Waals surface area (Å²) in [5.41, 5.74) is 1.27. The number of aromatic nitrogens is 1. The van der Waals surface area contributed by atoms with Gasteiger partial charge in [0, 0.05) is 30.4 Å². The first-order valence-electron chi connectivity index (χ1n) is 4.41. The van der Waals surface area contributed by atoms with Crippen molar-refractivity contribution in [1.82, 2.24) is 10.3 Å². The molecule has 0 amide bonds. The van der Waals surface area contributed by atoms with Crippen LogP contribution < -0.4 is 5.32 Å². The number of halogens is 1. The molecule has 2 nitrogen and oxygen atoms in total. The first kappa shape index (κ1) is 9.77. The van der Waals surface area contributed by atoms with Crippen molar-refractivity contribution in [3.05, 3.63) is 45.4 Å². The molecule has 0 aliphatic rings. The Morgan fingerprint density at radius 1 is 1.29 bits per heavy atom. The highest BCUT2D eigenvalue weighted by atomic mass is 35.5. The second kappa shape index (κ2) is 4.64. The third-order valence-electron chi connectivity index (χ3n) is 1.92. The standard InChI is InChI=1S/C10H11ClN2S/c11-10-2-1-9(14-10)7-13-6-8-3-4-12-5-8/h1-5,12-13H,6-7H2. The second-order valence-corrected chi connectivity index (χ2v) is 4.83. The topological polar surface area (TPSA) is 27.8 Å². The number of aromatic amines is 1. The first-order valence-corrected chi connectivity index (χ1v) is 5.60. The van der Waals surface area contributed by atoms with E-state index < -0.39 is 0 Å². The smallest absolute Gasteiger partial charge is 0.0931 e. The number of hydrogen-bond donors (Lipinski definition) is 2. The van der Waals surface area contributed by atoms with E-state index in [0.717, 1.165) is 17.4 Å². The average molecular weight is 227 g/mol. The molecule has 0 atom stereocenters. The van der Waals surface area contributed by atoms with Gasteiger partial charge in [0.1, 0.15) is 0 Å². The highest BCUT2D eigenvalue weighted by molar-refractivity contribution is 7.16. The van der Waals surface area contributed by atoms with Gasteiger partial charge in [0.05, 0.1) is 4.34 Å². The molecule has 2 aromatic heterocycles. The Hall–Kier alpha value is -0.770. The summed E-state index contributed by atoms with van der Waals surface area (Å²) in [6.07, 6.45) is 3.92. The molecule has 2 N–H and O–H groups in total. The number of H-pyrrole nitrogens is 1. The minimum absolute atomic E-state index is 0.850. The van der Waals surface area contributed by atoms with Crippen LogP contribution in [0.2, 0.25) is 4.34 Å². The van der Waals surface area contributed by atoms with Gasteiger partial charge in [0.25, 0.3) is 0 Å². The maximum atomic E-state index is 5.82. The quantitative estimate of drug-likeness (QED) is 0.824. The van der Waals surface area contributed by atoms with Gasteiger partial charge >= 0.3 is 0 Å². The molecule has 0 bridgehead atoms. The van der Waals surface area contributed by atoms with Gasteiger partial charge < -0.3 is 10.3 Å². The van der Waals surface area contributed by atoms with E-state index in [1.807, 2.05) is 18.5 Å². The van der Waals surface area contributed by atoms with Crippen molar-refractivity contribution in [2.75, 3.05) is 0 Å². The zero-order chi connectivity index (χ0) is 9.80. The predicted octanol–water partition coefficient (Wildman–Crippen LogP) is 3.02. The maximum absolute atomic E-state index is 5.82. The molecule has 2 rings (SSSR count). The third kappa shape index (κ3) is 2.61. The molecule has 0 aromatic carbocycles. The first-order chi connectivity index (χ1) is 6.84. The van der Waals surface area contributed by atoms with E-state index in [9.17, 15) is 0 Å². The minimum atomic E-state index is 0.850. The Labute approximate surface area is 91.9 Å². The lowest BCUT2D eigenvalue weighted by atomic mass is 10.3. The fourth-order valence-electron chi connectivity index (χ4n) is 1.25. The lowest BCUT2D eigenvalue weighted by Gasteiger charge is -1.99. The molecule has 0 fully saturated rings. The number of thiophene rings is 1. The Kier molecular flexibility index (Phi) is 3.24. The van der Waals surface area contributed by atoms with E-state index in [2.05, 4.69) is 22.4 Å². The zero-order valence-electron chi connectivity index (χ0n) is 7.59. The summed E-state index contributed by atoms with van der Waals surface area (Å²) >= 11 is 7.44. The highest BCUT2D eigenvalue weighted by Gasteiger charge is 1.97. The number of nitrogens with one attached hydrogen (secondary N) is 2. The lowest BCUT2D eigenvalue weighted by molar-refractivity contribution is 0.701. The Balaban J connectivity index is 1.78. The van der Waals surface area contributed by atoms with Crippen LogP contribution in [0.15, 0.2) is 30.6 Å². The van der Waals surface area contributed by atoms with Gasteiger partial charge in [-0.1, -0.05) is 11.6 Å². The van der Waals surface area contributed by atoms with Crippen molar-refractivity contribution >= 4 is 22.9 Å². The molecule has 0 saturated heterocycles. The summed E-state index contributed by atoms with van der Waals surface area (Å²) in [4.78, 5) is 4.29. The predicted molar refractivity (Wildman–Crippen MR) is 60.7 cm³/mol. The highest BCUT2D eigenvalue weighted by Crippen LogP contribution is 2.20. The summed E-state index contributed by atoms with van der Waals surface area (Å²) in [6, 6.07) is 6.05. The average Bonchev–Trinajstić information content (AvgIpc) is 2.77. The molecule has 0 radical (unpaired) electrons. The van der Waals surface area contributed by atoms with Crippen LogP contribution in [0.1, 0.15) is 10.4 Å². The van der Waals surface area contributed by atoms with Crippen molar-refractivity contribution in [2.24, 2.45) is 0 Å². The normalized spacial score (nSPS) is 10.6. The van der Waals surface area contributed by atoms with Crippen LogP contribution in [0, 0.1) is 0 Å². The second-order valence-electron chi connectivity index (χ2n) is 3.03. The van der Waals surface area contributed by atoms with Gasteiger partial charge in [-0.3, -0.25) is 0 Å². The van der Waals surface area contributed by atoms with Gasteiger partial charge in [0.15, 0.2) is 0 Å². The molecule has 2 aromatic rings. The number of hydrogen-bond acceptors (Lipinski definition) is 2.